The monoisotopic (exact) mass is 454 g/mol. The van der Waals surface area contributed by atoms with Crippen LogP contribution in [-0.4, -0.2) is 45.8 Å². The normalized spacial score (nSPS) is 12.1. The number of nitrogens with one attached hydrogen (secondary N) is 2. The fraction of sp³-hybridized carbons (Fsp3) is 0.316. The number of esters is 1. The van der Waals surface area contributed by atoms with Gasteiger partial charge in [0.1, 0.15) is 11.8 Å². The van der Waals surface area contributed by atoms with Crippen molar-refractivity contribution >= 4 is 39.0 Å². The molecule has 2 aromatic rings. The van der Waals surface area contributed by atoms with Gasteiger partial charge in [-0.15, -0.1) is 11.3 Å². The number of thiophene rings is 1. The summed E-state index contributed by atoms with van der Waals surface area (Å²) < 4.78 is 36.9. The zero-order valence-electron chi connectivity index (χ0n) is 16.6. The van der Waals surface area contributed by atoms with E-state index >= 15 is 0 Å². The van der Waals surface area contributed by atoms with E-state index in [2.05, 4.69) is 10.0 Å². The molecule has 0 saturated heterocycles. The first-order valence-electron chi connectivity index (χ1n) is 8.81. The summed E-state index contributed by atoms with van der Waals surface area (Å²) in [5, 5.41) is 2.62. The van der Waals surface area contributed by atoms with Gasteiger partial charge in [0.2, 0.25) is 21.7 Å². The Hall–Kier alpha value is -2.76. The third kappa shape index (κ3) is 6.65. The Morgan fingerprint density at radius 3 is 2.37 bits per heavy atom. The van der Waals surface area contributed by atoms with E-state index in [4.69, 9.17) is 9.47 Å². The summed E-state index contributed by atoms with van der Waals surface area (Å²) in [6.07, 6.45) is 0. The van der Waals surface area contributed by atoms with Gasteiger partial charge < -0.3 is 14.8 Å². The number of rotatable bonds is 10. The minimum Gasteiger partial charge on any atom is -0.497 e. The van der Waals surface area contributed by atoms with Crippen molar-refractivity contribution in [3.63, 3.8) is 0 Å². The Bertz CT molecular complexity index is 1010. The first-order chi connectivity index (χ1) is 14.1. The number of carbonyl (C=O) groups is 3. The number of hydrogen-bond acceptors (Lipinski definition) is 8. The molecule has 1 aromatic heterocycles. The molecular weight excluding hydrogens is 432 g/mol. The van der Waals surface area contributed by atoms with Crippen LogP contribution in [0.3, 0.4) is 0 Å². The Labute approximate surface area is 178 Å². The van der Waals surface area contributed by atoms with Crippen molar-refractivity contribution in [1.82, 2.24) is 10.0 Å². The molecule has 11 heteroatoms. The second-order valence-electron chi connectivity index (χ2n) is 6.23. The van der Waals surface area contributed by atoms with Crippen LogP contribution in [0.15, 0.2) is 41.3 Å². The largest absolute Gasteiger partial charge is 0.497 e. The number of carbonyl (C=O) groups excluding carboxylic acids is 3. The number of hydrogen-bond donors (Lipinski definition) is 2. The van der Waals surface area contributed by atoms with E-state index in [0.717, 1.165) is 4.88 Å². The third-order valence-electron chi connectivity index (χ3n) is 3.85. The van der Waals surface area contributed by atoms with Crippen LogP contribution in [0.2, 0.25) is 0 Å². The lowest BCUT2D eigenvalue weighted by Gasteiger charge is -2.13. The molecule has 1 aromatic carbocycles. The second kappa shape index (κ2) is 10.3. The van der Waals surface area contributed by atoms with E-state index in [9.17, 15) is 22.8 Å². The standard InChI is InChI=1S/C19H22N2O7S2/c1-12(21-30(25,26)16-7-4-14(27-3)5-8-16)19(24)28-11-17(23)18-9-6-15(29-18)10-20-13(2)22/h4-9,12,21H,10-11H2,1-3H3,(H,20,22)/t12-/m0/s1. The Morgan fingerprint density at radius 2 is 1.77 bits per heavy atom. The van der Waals surface area contributed by atoms with Crippen LogP contribution in [0.25, 0.3) is 0 Å². The van der Waals surface area contributed by atoms with E-state index < -0.39 is 34.4 Å². The predicted molar refractivity (Wildman–Crippen MR) is 110 cm³/mol. The molecule has 1 amide bonds. The van der Waals surface area contributed by atoms with Crippen LogP contribution in [0.1, 0.15) is 28.4 Å². The van der Waals surface area contributed by atoms with Gasteiger partial charge in [0.15, 0.2) is 6.61 Å². The number of ether oxygens (including phenoxy) is 2. The molecule has 0 unspecified atom stereocenters. The lowest BCUT2D eigenvalue weighted by atomic mass is 10.3. The van der Waals surface area contributed by atoms with Crippen LogP contribution in [0.4, 0.5) is 0 Å². The summed E-state index contributed by atoms with van der Waals surface area (Å²) in [4.78, 5) is 36.3. The SMILES string of the molecule is COc1ccc(S(=O)(=O)N[C@@H](C)C(=O)OCC(=O)c2ccc(CNC(C)=O)s2)cc1. The highest BCUT2D eigenvalue weighted by atomic mass is 32.2. The van der Waals surface area contributed by atoms with Crippen molar-refractivity contribution < 1.29 is 32.3 Å². The van der Waals surface area contributed by atoms with Crippen LogP contribution in [-0.2, 0) is 30.9 Å². The van der Waals surface area contributed by atoms with Gasteiger partial charge in [-0.3, -0.25) is 14.4 Å². The number of benzene rings is 1. The molecule has 1 heterocycles. The third-order valence-corrected chi connectivity index (χ3v) is 6.53. The Balaban J connectivity index is 1.89. The number of methoxy groups -OCH3 is 1. The molecule has 0 aliphatic heterocycles. The second-order valence-corrected chi connectivity index (χ2v) is 9.11. The molecule has 162 valence electrons. The minimum absolute atomic E-state index is 0.0377. The molecular formula is C19H22N2O7S2. The highest BCUT2D eigenvalue weighted by Gasteiger charge is 2.24. The topological polar surface area (TPSA) is 128 Å². The number of Topliss-reactive ketones (excluding diaryl/α,β-unsaturated/α-hetero) is 1. The van der Waals surface area contributed by atoms with Gasteiger partial charge in [-0.05, 0) is 43.3 Å². The molecule has 0 aliphatic carbocycles. The van der Waals surface area contributed by atoms with Crippen LogP contribution in [0, 0.1) is 0 Å². The van der Waals surface area contributed by atoms with E-state index in [1.54, 1.807) is 12.1 Å². The van der Waals surface area contributed by atoms with E-state index in [-0.39, 0.29) is 10.8 Å². The summed E-state index contributed by atoms with van der Waals surface area (Å²) in [6.45, 7) is 2.50. The number of sulfonamides is 1. The molecule has 0 bridgehead atoms. The molecule has 30 heavy (non-hydrogen) atoms. The van der Waals surface area contributed by atoms with Gasteiger partial charge in [0, 0.05) is 11.8 Å². The lowest BCUT2D eigenvalue weighted by Crippen LogP contribution is -2.40. The molecule has 9 nitrogen and oxygen atoms in total. The number of ketones is 1. The fourth-order valence-corrected chi connectivity index (χ4v) is 4.33. The first-order valence-corrected chi connectivity index (χ1v) is 11.1. The van der Waals surface area contributed by atoms with Gasteiger partial charge >= 0.3 is 5.97 Å². The number of amides is 1. The molecule has 0 saturated carbocycles. The van der Waals surface area contributed by atoms with Crippen molar-refractivity contribution in [2.45, 2.75) is 31.3 Å². The van der Waals surface area contributed by atoms with Gasteiger partial charge in [-0.25, -0.2) is 8.42 Å². The van der Waals surface area contributed by atoms with Gasteiger partial charge in [-0.2, -0.15) is 4.72 Å². The van der Waals surface area contributed by atoms with Crippen LogP contribution >= 0.6 is 11.3 Å². The molecule has 0 aliphatic rings. The molecule has 2 rings (SSSR count). The summed E-state index contributed by atoms with van der Waals surface area (Å²) >= 11 is 1.18. The summed E-state index contributed by atoms with van der Waals surface area (Å²) in [6, 6.07) is 7.74. The molecule has 0 fully saturated rings. The zero-order valence-corrected chi connectivity index (χ0v) is 18.3. The molecule has 1 atom stereocenters. The predicted octanol–water partition coefficient (Wildman–Crippen LogP) is 1.49. The zero-order chi connectivity index (χ0) is 22.3. The summed E-state index contributed by atoms with van der Waals surface area (Å²) in [5.41, 5.74) is 0. The lowest BCUT2D eigenvalue weighted by molar-refractivity contribution is -0.144. The quantitative estimate of drug-likeness (QED) is 0.411. The van der Waals surface area contributed by atoms with Crippen molar-refractivity contribution in [2.24, 2.45) is 0 Å². The van der Waals surface area contributed by atoms with E-state index in [1.165, 1.54) is 56.6 Å². The van der Waals surface area contributed by atoms with Crippen LogP contribution in [0.5, 0.6) is 5.75 Å². The Morgan fingerprint density at radius 1 is 1.10 bits per heavy atom. The molecule has 0 radical (unpaired) electrons. The molecule has 2 N–H and O–H groups in total. The summed E-state index contributed by atoms with van der Waals surface area (Å²) in [5.74, 6) is -0.992. The highest BCUT2D eigenvalue weighted by molar-refractivity contribution is 7.89. The average Bonchev–Trinajstić information content (AvgIpc) is 3.19. The summed E-state index contributed by atoms with van der Waals surface area (Å²) in [7, 11) is -2.49. The maximum atomic E-state index is 12.4. The van der Waals surface area contributed by atoms with E-state index in [1.807, 2.05) is 0 Å². The van der Waals surface area contributed by atoms with Crippen molar-refractivity contribution in [2.75, 3.05) is 13.7 Å². The van der Waals surface area contributed by atoms with Gasteiger partial charge in [0.05, 0.1) is 23.4 Å². The highest BCUT2D eigenvalue weighted by Crippen LogP contribution is 2.18. The maximum absolute atomic E-state index is 12.4. The van der Waals surface area contributed by atoms with Crippen LogP contribution < -0.4 is 14.8 Å². The van der Waals surface area contributed by atoms with Crippen molar-refractivity contribution in [3.05, 3.63) is 46.2 Å². The fourth-order valence-electron chi connectivity index (χ4n) is 2.27. The van der Waals surface area contributed by atoms with E-state index in [0.29, 0.717) is 17.2 Å². The average molecular weight is 455 g/mol. The van der Waals surface area contributed by atoms with Gasteiger partial charge in [-0.1, -0.05) is 0 Å². The molecule has 0 spiro atoms. The first kappa shape index (κ1) is 23.5. The minimum atomic E-state index is -3.95. The van der Waals surface area contributed by atoms with Crippen molar-refractivity contribution in [3.8, 4) is 5.75 Å². The Kier molecular flexibility index (Phi) is 8.09. The smallest absolute Gasteiger partial charge is 0.324 e. The van der Waals surface area contributed by atoms with Crippen molar-refractivity contribution in [1.29, 1.82) is 0 Å². The maximum Gasteiger partial charge on any atom is 0.324 e. The van der Waals surface area contributed by atoms with Gasteiger partial charge in [0.25, 0.3) is 0 Å².